The van der Waals surface area contributed by atoms with Gasteiger partial charge < -0.3 is 10.5 Å². The van der Waals surface area contributed by atoms with Gasteiger partial charge in [-0.15, -0.1) is 0 Å². The van der Waals surface area contributed by atoms with Crippen LogP contribution in [0.1, 0.15) is 33.6 Å². The summed E-state index contributed by atoms with van der Waals surface area (Å²) in [6, 6.07) is 0.710. The Hall–Kier alpha value is -0.160. The van der Waals surface area contributed by atoms with Crippen molar-refractivity contribution >= 4 is 0 Å². The van der Waals surface area contributed by atoms with E-state index < -0.39 is 0 Å². The van der Waals surface area contributed by atoms with E-state index >= 15 is 0 Å². The van der Waals surface area contributed by atoms with Gasteiger partial charge >= 0.3 is 0 Å². The van der Waals surface area contributed by atoms with Crippen molar-refractivity contribution in [2.45, 2.75) is 45.2 Å². The maximum absolute atomic E-state index is 6.08. The van der Waals surface area contributed by atoms with Gasteiger partial charge in [0.2, 0.25) is 0 Å². The third kappa shape index (κ3) is 3.69. The Kier molecular flexibility index (Phi) is 5.23. The summed E-state index contributed by atoms with van der Waals surface area (Å²) in [5.41, 5.74) is 6.26. The zero-order valence-electron chi connectivity index (χ0n) is 12.9. The average Bonchev–Trinajstić information content (AvgIpc) is 2.89. The third-order valence-corrected chi connectivity index (χ3v) is 4.78. The third-order valence-electron chi connectivity index (χ3n) is 4.78. The number of ether oxygens (including phenoxy) is 1. The topological polar surface area (TPSA) is 41.7 Å². The summed E-state index contributed by atoms with van der Waals surface area (Å²) in [5.74, 6) is 0.705. The van der Waals surface area contributed by atoms with E-state index in [0.29, 0.717) is 12.0 Å². The molecule has 2 heterocycles. The highest BCUT2D eigenvalue weighted by Gasteiger charge is 2.38. The van der Waals surface area contributed by atoms with E-state index in [0.717, 1.165) is 32.8 Å². The van der Waals surface area contributed by atoms with Gasteiger partial charge in [-0.05, 0) is 25.7 Å². The zero-order chi connectivity index (χ0) is 13.9. The first-order valence-electron chi connectivity index (χ1n) is 7.82. The predicted octanol–water partition coefficient (Wildman–Crippen LogP) is 1.16. The summed E-state index contributed by atoms with van der Waals surface area (Å²) in [6.45, 7) is 14.1. The lowest BCUT2D eigenvalue weighted by atomic mass is 9.89. The lowest BCUT2D eigenvalue weighted by Gasteiger charge is -2.40. The molecule has 2 fully saturated rings. The fourth-order valence-electron chi connectivity index (χ4n) is 3.69. The molecule has 2 N–H and O–H groups in total. The van der Waals surface area contributed by atoms with E-state index in [9.17, 15) is 0 Å². The fourth-order valence-corrected chi connectivity index (χ4v) is 3.69. The molecule has 2 atom stereocenters. The van der Waals surface area contributed by atoms with Crippen molar-refractivity contribution in [3.8, 4) is 0 Å². The summed E-state index contributed by atoms with van der Waals surface area (Å²) in [6.07, 6.45) is 2.48. The quantitative estimate of drug-likeness (QED) is 0.813. The van der Waals surface area contributed by atoms with Crippen LogP contribution in [0.2, 0.25) is 0 Å². The highest BCUT2D eigenvalue weighted by Crippen LogP contribution is 2.29. The monoisotopic (exact) mass is 269 g/mol. The van der Waals surface area contributed by atoms with Crippen molar-refractivity contribution in [2.24, 2.45) is 11.7 Å². The number of rotatable bonds is 5. The van der Waals surface area contributed by atoms with Gasteiger partial charge in [-0.3, -0.25) is 9.80 Å². The minimum atomic E-state index is 0.176. The van der Waals surface area contributed by atoms with Crippen LogP contribution in [-0.2, 0) is 4.74 Å². The molecule has 0 saturated carbocycles. The van der Waals surface area contributed by atoms with Crippen molar-refractivity contribution in [1.29, 1.82) is 0 Å². The molecular weight excluding hydrogens is 238 g/mol. The molecule has 4 nitrogen and oxygen atoms in total. The summed E-state index contributed by atoms with van der Waals surface area (Å²) < 4.78 is 5.45. The van der Waals surface area contributed by atoms with Crippen LogP contribution in [0.4, 0.5) is 0 Å². The molecule has 0 spiro atoms. The fraction of sp³-hybridized carbons (Fsp3) is 1.00. The molecule has 112 valence electrons. The summed E-state index contributed by atoms with van der Waals surface area (Å²) >= 11 is 0. The molecular formula is C15H31N3O. The van der Waals surface area contributed by atoms with Gasteiger partial charge in [0.15, 0.2) is 0 Å². The Bertz CT molecular complexity index is 279. The van der Waals surface area contributed by atoms with Crippen LogP contribution in [-0.4, -0.2) is 67.3 Å². The van der Waals surface area contributed by atoms with Gasteiger partial charge in [0.25, 0.3) is 0 Å². The minimum absolute atomic E-state index is 0.176. The highest BCUT2D eigenvalue weighted by molar-refractivity contribution is 4.95. The van der Waals surface area contributed by atoms with Gasteiger partial charge in [0.05, 0.1) is 13.2 Å². The second-order valence-electron chi connectivity index (χ2n) is 6.84. The van der Waals surface area contributed by atoms with Crippen LogP contribution in [0, 0.1) is 5.92 Å². The Morgan fingerprint density at radius 1 is 1.26 bits per heavy atom. The van der Waals surface area contributed by atoms with E-state index in [4.69, 9.17) is 10.5 Å². The molecule has 0 bridgehead atoms. The van der Waals surface area contributed by atoms with E-state index in [-0.39, 0.29) is 5.54 Å². The van der Waals surface area contributed by atoms with Crippen molar-refractivity contribution in [3.05, 3.63) is 0 Å². The zero-order valence-corrected chi connectivity index (χ0v) is 12.9. The lowest BCUT2D eigenvalue weighted by Crippen LogP contribution is -2.53. The first-order chi connectivity index (χ1) is 9.05. The van der Waals surface area contributed by atoms with Gasteiger partial charge in [-0.25, -0.2) is 0 Å². The van der Waals surface area contributed by atoms with E-state index in [1.54, 1.807) is 0 Å². The van der Waals surface area contributed by atoms with Crippen molar-refractivity contribution in [3.63, 3.8) is 0 Å². The van der Waals surface area contributed by atoms with Crippen molar-refractivity contribution in [1.82, 2.24) is 9.80 Å². The molecule has 2 aliphatic heterocycles. The number of hydrogen-bond donors (Lipinski definition) is 1. The number of hydrogen-bond acceptors (Lipinski definition) is 4. The molecule has 0 radical (unpaired) electrons. The SMILES string of the molecule is CC(C)CC(C)(CN)N1CCC(N2CCOCC2)C1. The van der Waals surface area contributed by atoms with Gasteiger partial charge in [-0.1, -0.05) is 13.8 Å². The number of morpholine rings is 1. The van der Waals surface area contributed by atoms with E-state index in [1.807, 2.05) is 0 Å². The van der Waals surface area contributed by atoms with Crippen LogP contribution < -0.4 is 5.73 Å². The Morgan fingerprint density at radius 3 is 2.53 bits per heavy atom. The van der Waals surface area contributed by atoms with Crippen molar-refractivity contribution in [2.75, 3.05) is 45.9 Å². The van der Waals surface area contributed by atoms with Crippen LogP contribution in [0.5, 0.6) is 0 Å². The van der Waals surface area contributed by atoms with Gasteiger partial charge in [-0.2, -0.15) is 0 Å². The molecule has 2 saturated heterocycles. The molecule has 0 aromatic heterocycles. The molecule has 0 aromatic rings. The molecule has 4 heteroatoms. The predicted molar refractivity (Wildman–Crippen MR) is 79.3 cm³/mol. The molecule has 0 amide bonds. The molecule has 2 unspecified atom stereocenters. The van der Waals surface area contributed by atoms with Crippen LogP contribution >= 0.6 is 0 Å². The molecule has 19 heavy (non-hydrogen) atoms. The maximum Gasteiger partial charge on any atom is 0.0594 e. The normalized spacial score (nSPS) is 29.8. The molecule has 0 aromatic carbocycles. The number of nitrogens with zero attached hydrogens (tertiary/aromatic N) is 2. The molecule has 0 aliphatic carbocycles. The average molecular weight is 269 g/mol. The van der Waals surface area contributed by atoms with Gasteiger partial charge in [0, 0.05) is 44.3 Å². The Balaban J connectivity index is 1.92. The van der Waals surface area contributed by atoms with Crippen LogP contribution in [0.25, 0.3) is 0 Å². The Labute approximate surface area is 118 Å². The van der Waals surface area contributed by atoms with E-state index in [2.05, 4.69) is 30.6 Å². The van der Waals surface area contributed by atoms with E-state index in [1.165, 1.54) is 25.9 Å². The summed E-state index contributed by atoms with van der Waals surface area (Å²) in [4.78, 5) is 5.24. The first-order valence-corrected chi connectivity index (χ1v) is 7.82. The van der Waals surface area contributed by atoms with Gasteiger partial charge in [0.1, 0.15) is 0 Å². The smallest absolute Gasteiger partial charge is 0.0594 e. The Morgan fingerprint density at radius 2 is 1.95 bits per heavy atom. The highest BCUT2D eigenvalue weighted by atomic mass is 16.5. The number of nitrogens with two attached hydrogens (primary N) is 1. The van der Waals surface area contributed by atoms with Crippen molar-refractivity contribution < 1.29 is 4.74 Å². The summed E-state index contributed by atoms with van der Waals surface area (Å²) in [5, 5.41) is 0. The second-order valence-corrected chi connectivity index (χ2v) is 6.84. The standard InChI is InChI=1S/C15H31N3O/c1-13(2)10-15(3,12-16)18-5-4-14(11-18)17-6-8-19-9-7-17/h13-14H,4-12,16H2,1-3H3. The number of likely N-dealkylation sites (tertiary alicyclic amines) is 1. The lowest BCUT2D eigenvalue weighted by molar-refractivity contribution is 0.0146. The van der Waals surface area contributed by atoms with Crippen LogP contribution in [0.15, 0.2) is 0 Å². The second kappa shape index (κ2) is 6.53. The largest absolute Gasteiger partial charge is 0.379 e. The maximum atomic E-state index is 6.08. The minimum Gasteiger partial charge on any atom is -0.379 e. The van der Waals surface area contributed by atoms with Crippen LogP contribution in [0.3, 0.4) is 0 Å². The summed E-state index contributed by atoms with van der Waals surface area (Å²) in [7, 11) is 0. The molecule has 2 aliphatic rings. The first kappa shape index (κ1) is 15.2. The molecule has 2 rings (SSSR count).